The molecule has 1 aliphatic carbocycles. The summed E-state index contributed by atoms with van der Waals surface area (Å²) in [7, 11) is 0. The van der Waals surface area contributed by atoms with E-state index in [1.165, 1.54) is 18.3 Å². The molecule has 1 aliphatic rings. The molecule has 0 unspecified atom stereocenters. The number of aromatic nitrogens is 2. The van der Waals surface area contributed by atoms with Gasteiger partial charge in [-0.1, -0.05) is 32.3 Å². The van der Waals surface area contributed by atoms with Gasteiger partial charge in [0.1, 0.15) is 23.6 Å². The van der Waals surface area contributed by atoms with Crippen molar-refractivity contribution in [2.45, 2.75) is 77.4 Å². The number of hydrogen-bond donors (Lipinski definition) is 4. The van der Waals surface area contributed by atoms with E-state index in [4.69, 9.17) is 0 Å². The van der Waals surface area contributed by atoms with Crippen LogP contribution in [-0.2, 0) is 22.6 Å². The van der Waals surface area contributed by atoms with Crippen molar-refractivity contribution in [1.29, 1.82) is 0 Å². The van der Waals surface area contributed by atoms with Crippen molar-refractivity contribution in [2.75, 3.05) is 11.9 Å². The highest BCUT2D eigenvalue weighted by Crippen LogP contribution is 2.28. The Kier molecular flexibility index (Phi) is 9.98. The van der Waals surface area contributed by atoms with Crippen LogP contribution in [0.25, 0.3) is 0 Å². The zero-order chi connectivity index (χ0) is 26.1. The standard InChI is InChI=1S/C26H36FN5O4/c1-3-13-28-21(26(35)36)16-17-10-11-20(19(27)15-17)30-25(34)23(18-8-6-5-7-9-18)31-24(33)22-12-14-29-32(22)4-2/h10-12,14-15,18,21,23,28H,3-9,13,16H2,1-2H3,(H,30,34)(H,31,33)(H,35,36)/t21-,23+/m1/s1. The Bertz CT molecular complexity index is 1050. The number of rotatable bonds is 12. The molecular formula is C26H36FN5O4. The first kappa shape index (κ1) is 27.3. The molecule has 1 fully saturated rings. The third-order valence-corrected chi connectivity index (χ3v) is 6.61. The van der Waals surface area contributed by atoms with Crippen molar-refractivity contribution in [3.05, 3.63) is 47.5 Å². The summed E-state index contributed by atoms with van der Waals surface area (Å²) in [6.45, 7) is 4.87. The molecule has 9 nitrogen and oxygen atoms in total. The lowest BCUT2D eigenvalue weighted by Gasteiger charge is -2.30. The lowest BCUT2D eigenvalue weighted by molar-refractivity contribution is -0.139. The maximum absolute atomic E-state index is 14.9. The number of hydrogen-bond acceptors (Lipinski definition) is 5. The lowest BCUT2D eigenvalue weighted by atomic mass is 9.83. The van der Waals surface area contributed by atoms with Crippen LogP contribution in [0.1, 0.15) is 68.4 Å². The van der Waals surface area contributed by atoms with Crippen LogP contribution in [0.15, 0.2) is 30.5 Å². The van der Waals surface area contributed by atoms with E-state index in [1.54, 1.807) is 16.8 Å². The molecule has 0 bridgehead atoms. The molecule has 10 heteroatoms. The fourth-order valence-corrected chi connectivity index (χ4v) is 4.66. The van der Waals surface area contributed by atoms with Gasteiger partial charge in [0.15, 0.2) is 0 Å². The van der Waals surface area contributed by atoms with Crippen LogP contribution < -0.4 is 16.0 Å². The second-order valence-electron chi connectivity index (χ2n) is 9.23. The number of aryl methyl sites for hydroxylation is 1. The van der Waals surface area contributed by atoms with Gasteiger partial charge < -0.3 is 21.1 Å². The van der Waals surface area contributed by atoms with Crippen molar-refractivity contribution in [3.63, 3.8) is 0 Å². The van der Waals surface area contributed by atoms with Crippen molar-refractivity contribution in [1.82, 2.24) is 20.4 Å². The molecule has 4 N–H and O–H groups in total. The topological polar surface area (TPSA) is 125 Å². The Morgan fingerprint density at radius 2 is 1.92 bits per heavy atom. The molecule has 2 amide bonds. The van der Waals surface area contributed by atoms with Crippen LogP contribution in [0.2, 0.25) is 0 Å². The average molecular weight is 502 g/mol. The second-order valence-corrected chi connectivity index (χ2v) is 9.23. The maximum Gasteiger partial charge on any atom is 0.321 e. The zero-order valence-corrected chi connectivity index (χ0v) is 20.9. The Morgan fingerprint density at radius 1 is 1.17 bits per heavy atom. The summed E-state index contributed by atoms with van der Waals surface area (Å²) in [5.41, 5.74) is 0.864. The van der Waals surface area contributed by atoms with Crippen LogP contribution in [0.4, 0.5) is 10.1 Å². The fourth-order valence-electron chi connectivity index (χ4n) is 4.66. The largest absolute Gasteiger partial charge is 0.480 e. The molecule has 1 aromatic heterocycles. The number of aliphatic carboxylic acids is 1. The molecule has 1 saturated carbocycles. The Hall–Kier alpha value is -3.27. The summed E-state index contributed by atoms with van der Waals surface area (Å²) in [5, 5.41) is 22.0. The summed E-state index contributed by atoms with van der Waals surface area (Å²) < 4.78 is 16.5. The number of benzene rings is 1. The van der Waals surface area contributed by atoms with E-state index in [-0.39, 0.29) is 18.0 Å². The van der Waals surface area contributed by atoms with E-state index >= 15 is 0 Å². The molecule has 2 aromatic rings. The fraction of sp³-hybridized carbons (Fsp3) is 0.538. The molecule has 2 atom stereocenters. The number of carbonyl (C=O) groups is 3. The number of amides is 2. The van der Waals surface area contributed by atoms with Gasteiger partial charge in [-0.25, -0.2) is 4.39 Å². The van der Waals surface area contributed by atoms with E-state index in [0.717, 1.165) is 38.5 Å². The monoisotopic (exact) mass is 501 g/mol. The number of carboxylic acid groups (broad SMARTS) is 1. The highest BCUT2D eigenvalue weighted by molar-refractivity contribution is 6.00. The van der Waals surface area contributed by atoms with E-state index in [9.17, 15) is 23.9 Å². The van der Waals surface area contributed by atoms with Crippen molar-refractivity contribution >= 4 is 23.5 Å². The Balaban J connectivity index is 1.74. The first-order chi connectivity index (χ1) is 17.3. The quantitative estimate of drug-likeness (QED) is 0.353. The van der Waals surface area contributed by atoms with Crippen LogP contribution in [-0.4, -0.2) is 51.3 Å². The molecule has 3 rings (SSSR count). The van der Waals surface area contributed by atoms with Gasteiger partial charge in [-0.2, -0.15) is 5.10 Å². The Labute approximate surface area is 210 Å². The molecule has 0 spiro atoms. The maximum atomic E-state index is 14.9. The van der Waals surface area contributed by atoms with Gasteiger partial charge in [-0.05, 0) is 68.8 Å². The number of nitrogens with zero attached hydrogens (tertiary/aromatic N) is 2. The summed E-state index contributed by atoms with van der Waals surface area (Å²) in [6.07, 6.45) is 7.06. The molecule has 0 saturated heterocycles. The van der Waals surface area contributed by atoms with Gasteiger partial charge in [0, 0.05) is 12.7 Å². The molecule has 1 heterocycles. The van der Waals surface area contributed by atoms with Gasteiger partial charge in [0.05, 0.1) is 5.69 Å². The Morgan fingerprint density at radius 3 is 2.56 bits per heavy atom. The van der Waals surface area contributed by atoms with Crippen molar-refractivity contribution in [2.24, 2.45) is 5.92 Å². The average Bonchev–Trinajstić information content (AvgIpc) is 3.36. The predicted octanol–water partition coefficient (Wildman–Crippen LogP) is 3.35. The van der Waals surface area contributed by atoms with Crippen molar-refractivity contribution < 1.29 is 23.9 Å². The van der Waals surface area contributed by atoms with E-state index < -0.39 is 35.7 Å². The molecule has 196 valence electrons. The van der Waals surface area contributed by atoms with Crippen molar-refractivity contribution in [3.8, 4) is 0 Å². The van der Waals surface area contributed by atoms with Crippen LogP contribution in [0.3, 0.4) is 0 Å². The molecular weight excluding hydrogens is 465 g/mol. The molecule has 0 aliphatic heterocycles. The van der Waals surface area contributed by atoms with Gasteiger partial charge in [-0.3, -0.25) is 19.1 Å². The van der Waals surface area contributed by atoms with Gasteiger partial charge in [-0.15, -0.1) is 0 Å². The van der Waals surface area contributed by atoms with Gasteiger partial charge in [0.2, 0.25) is 5.91 Å². The SMILES string of the molecule is CCCN[C@H](Cc1ccc(NC(=O)[C@@H](NC(=O)c2ccnn2CC)C2CCCCC2)c(F)c1)C(=O)O. The number of carboxylic acids is 1. The smallest absolute Gasteiger partial charge is 0.321 e. The summed E-state index contributed by atoms with van der Waals surface area (Å²) >= 11 is 0. The third-order valence-electron chi connectivity index (χ3n) is 6.61. The summed E-state index contributed by atoms with van der Waals surface area (Å²) in [5.74, 6) is -2.58. The second kappa shape index (κ2) is 13.2. The van der Waals surface area contributed by atoms with E-state index in [1.807, 2.05) is 13.8 Å². The van der Waals surface area contributed by atoms with Crippen LogP contribution >= 0.6 is 0 Å². The van der Waals surface area contributed by atoms with E-state index in [2.05, 4.69) is 21.0 Å². The number of nitrogens with one attached hydrogen (secondary N) is 3. The summed E-state index contributed by atoms with van der Waals surface area (Å²) in [4.78, 5) is 37.7. The third kappa shape index (κ3) is 7.13. The first-order valence-corrected chi connectivity index (χ1v) is 12.7. The van der Waals surface area contributed by atoms with Crippen LogP contribution in [0, 0.1) is 11.7 Å². The number of halogens is 1. The minimum absolute atomic E-state index is 0.00852. The normalized spacial score (nSPS) is 15.8. The minimum Gasteiger partial charge on any atom is -0.480 e. The van der Waals surface area contributed by atoms with Gasteiger partial charge in [0.25, 0.3) is 5.91 Å². The lowest BCUT2D eigenvalue weighted by Crippen LogP contribution is -2.49. The highest BCUT2D eigenvalue weighted by Gasteiger charge is 2.32. The zero-order valence-electron chi connectivity index (χ0n) is 20.9. The molecule has 1 aromatic carbocycles. The van der Waals surface area contributed by atoms with Crippen LogP contribution in [0.5, 0.6) is 0 Å². The molecule has 0 radical (unpaired) electrons. The first-order valence-electron chi connectivity index (χ1n) is 12.7. The summed E-state index contributed by atoms with van der Waals surface area (Å²) in [6, 6.07) is 4.25. The number of anilines is 1. The minimum atomic E-state index is -1.00. The van der Waals surface area contributed by atoms with Gasteiger partial charge >= 0.3 is 5.97 Å². The van der Waals surface area contributed by atoms with E-state index in [0.29, 0.717) is 24.3 Å². The molecule has 36 heavy (non-hydrogen) atoms. The predicted molar refractivity (Wildman–Crippen MR) is 134 cm³/mol. The highest BCUT2D eigenvalue weighted by atomic mass is 19.1. The number of carbonyl (C=O) groups excluding carboxylic acids is 2.